The Balaban J connectivity index is 1.33. The van der Waals surface area contributed by atoms with E-state index in [1.165, 1.54) is 32.1 Å². The first-order valence-corrected chi connectivity index (χ1v) is 8.64. The highest BCUT2D eigenvalue weighted by Gasteiger charge is 2.58. The topological polar surface area (TPSA) is 87.9 Å². The average molecular weight is 303 g/mol. The molecule has 2 saturated carbocycles. The van der Waals surface area contributed by atoms with Crippen molar-refractivity contribution in [1.82, 2.24) is 20.1 Å². The van der Waals surface area contributed by atoms with Crippen LogP contribution in [0.4, 0.5) is 5.95 Å². The second-order valence-electron chi connectivity index (χ2n) is 7.36. The molecule has 1 aromatic heterocycles. The molecule has 3 N–H and O–H groups in total. The van der Waals surface area contributed by atoms with E-state index in [0.717, 1.165) is 38.2 Å². The average Bonchev–Trinajstić information content (AvgIpc) is 3.05. The Labute approximate surface area is 130 Å². The maximum atomic E-state index is 12.8. The number of rotatable bonds is 2. The van der Waals surface area contributed by atoms with E-state index in [9.17, 15) is 4.79 Å². The maximum Gasteiger partial charge on any atom is 0.239 e. The number of likely N-dealkylation sites (tertiary alicyclic amines) is 1. The van der Waals surface area contributed by atoms with Crippen LogP contribution in [-0.2, 0) is 4.79 Å². The Hall–Kier alpha value is -1.59. The van der Waals surface area contributed by atoms with Crippen molar-refractivity contribution in [1.29, 1.82) is 0 Å². The lowest BCUT2D eigenvalue weighted by Gasteiger charge is -2.32. The van der Waals surface area contributed by atoms with E-state index >= 15 is 0 Å². The van der Waals surface area contributed by atoms with Crippen LogP contribution < -0.4 is 5.73 Å². The lowest BCUT2D eigenvalue weighted by molar-refractivity contribution is -0.134. The molecule has 0 bridgehead atoms. The number of nitrogens with zero attached hydrogens (tertiary/aromatic N) is 3. The fraction of sp³-hybridized carbons (Fsp3) is 0.812. The van der Waals surface area contributed by atoms with Crippen molar-refractivity contribution in [2.75, 3.05) is 18.8 Å². The van der Waals surface area contributed by atoms with Crippen LogP contribution in [0.5, 0.6) is 0 Å². The third-order valence-corrected chi connectivity index (χ3v) is 6.05. The summed E-state index contributed by atoms with van der Waals surface area (Å²) in [6, 6.07) is 0. The standard InChI is InChI=1S/C16H25N5O/c17-15-18-13(19-20-15)11-4-8-21(9-5-11)14(22)12-10-16(12)6-2-1-3-7-16/h11-12H,1-10H2,(H3,17,18,19,20)/t12-/m0/s1. The van der Waals surface area contributed by atoms with Crippen LogP contribution in [0.3, 0.4) is 0 Å². The van der Waals surface area contributed by atoms with Gasteiger partial charge in [0.1, 0.15) is 5.82 Å². The minimum absolute atomic E-state index is 0.311. The van der Waals surface area contributed by atoms with Gasteiger partial charge in [-0.25, -0.2) is 0 Å². The third-order valence-electron chi connectivity index (χ3n) is 6.05. The number of H-pyrrole nitrogens is 1. The first kappa shape index (κ1) is 14.0. The van der Waals surface area contributed by atoms with Gasteiger partial charge in [0.15, 0.2) is 0 Å². The molecule has 3 fully saturated rings. The Bertz CT molecular complexity index is 555. The largest absolute Gasteiger partial charge is 0.367 e. The molecule has 0 radical (unpaired) electrons. The number of carbonyl (C=O) groups is 1. The molecule has 1 spiro atoms. The van der Waals surface area contributed by atoms with Crippen LogP contribution in [-0.4, -0.2) is 39.1 Å². The van der Waals surface area contributed by atoms with Crippen molar-refractivity contribution in [3.05, 3.63) is 5.82 Å². The lowest BCUT2D eigenvalue weighted by atomic mass is 9.84. The summed E-state index contributed by atoms with van der Waals surface area (Å²) in [7, 11) is 0. The van der Waals surface area contributed by atoms with Crippen LogP contribution in [0.2, 0.25) is 0 Å². The number of piperidine rings is 1. The van der Waals surface area contributed by atoms with E-state index < -0.39 is 0 Å². The van der Waals surface area contributed by atoms with Crippen LogP contribution in [0.15, 0.2) is 0 Å². The van der Waals surface area contributed by atoms with Gasteiger partial charge in [-0.1, -0.05) is 19.3 Å². The SMILES string of the molecule is Nc1n[nH]c(C2CCN(C(=O)[C@@H]3CC34CCCCC4)CC2)n1. The van der Waals surface area contributed by atoms with E-state index in [1.54, 1.807) is 0 Å². The van der Waals surface area contributed by atoms with Gasteiger partial charge < -0.3 is 10.6 Å². The molecule has 1 amide bonds. The molecule has 0 aromatic carbocycles. The van der Waals surface area contributed by atoms with Crippen LogP contribution in [0.1, 0.15) is 63.1 Å². The molecule has 1 aromatic rings. The highest BCUT2D eigenvalue weighted by Crippen LogP contribution is 2.62. The van der Waals surface area contributed by atoms with Crippen LogP contribution in [0.25, 0.3) is 0 Å². The normalized spacial score (nSPS) is 28.0. The molecule has 6 heteroatoms. The number of nitrogen functional groups attached to an aromatic ring is 1. The number of nitrogens with two attached hydrogens (primary N) is 1. The molecule has 6 nitrogen and oxygen atoms in total. The Kier molecular flexibility index (Phi) is 3.35. The highest BCUT2D eigenvalue weighted by molar-refractivity contribution is 5.82. The van der Waals surface area contributed by atoms with Gasteiger partial charge in [-0.3, -0.25) is 9.89 Å². The smallest absolute Gasteiger partial charge is 0.239 e. The van der Waals surface area contributed by atoms with Gasteiger partial charge in [0.2, 0.25) is 11.9 Å². The van der Waals surface area contributed by atoms with Crippen molar-refractivity contribution in [2.45, 2.75) is 57.3 Å². The molecule has 1 aliphatic heterocycles. The van der Waals surface area contributed by atoms with Crippen molar-refractivity contribution in [2.24, 2.45) is 11.3 Å². The molecule has 4 rings (SSSR count). The number of carbonyl (C=O) groups excluding carboxylic acids is 1. The van der Waals surface area contributed by atoms with Gasteiger partial charge in [-0.15, -0.1) is 5.10 Å². The molecular formula is C16H25N5O. The van der Waals surface area contributed by atoms with E-state index in [0.29, 0.717) is 29.1 Å². The summed E-state index contributed by atoms with van der Waals surface area (Å²) in [4.78, 5) is 19.1. The van der Waals surface area contributed by atoms with Crippen LogP contribution >= 0.6 is 0 Å². The van der Waals surface area contributed by atoms with Gasteiger partial charge in [0.25, 0.3) is 0 Å². The molecule has 22 heavy (non-hydrogen) atoms. The van der Waals surface area contributed by atoms with Gasteiger partial charge in [0, 0.05) is 24.9 Å². The fourth-order valence-corrected chi connectivity index (χ4v) is 4.57. The van der Waals surface area contributed by atoms with Crippen LogP contribution in [0, 0.1) is 11.3 Å². The molecule has 0 unspecified atom stereocenters. The zero-order valence-electron chi connectivity index (χ0n) is 13.1. The summed E-state index contributed by atoms with van der Waals surface area (Å²) in [6.07, 6.45) is 9.60. The predicted octanol–water partition coefficient (Wildman–Crippen LogP) is 2.06. The third kappa shape index (κ3) is 2.38. The molecule has 3 aliphatic rings. The molecule has 1 saturated heterocycles. The monoisotopic (exact) mass is 303 g/mol. The summed E-state index contributed by atoms with van der Waals surface area (Å²) in [6.45, 7) is 1.69. The highest BCUT2D eigenvalue weighted by atomic mass is 16.2. The summed E-state index contributed by atoms with van der Waals surface area (Å²) in [5.41, 5.74) is 5.96. The molecule has 120 valence electrons. The summed E-state index contributed by atoms with van der Waals surface area (Å²) < 4.78 is 0. The van der Waals surface area contributed by atoms with E-state index in [1.807, 2.05) is 0 Å². The van der Waals surface area contributed by atoms with Gasteiger partial charge in [-0.05, 0) is 37.5 Å². The number of aromatic amines is 1. The van der Waals surface area contributed by atoms with Gasteiger partial charge in [-0.2, -0.15) is 4.98 Å². The van der Waals surface area contributed by atoms with Crippen molar-refractivity contribution in [3.63, 3.8) is 0 Å². The Morgan fingerprint density at radius 2 is 1.95 bits per heavy atom. The number of aromatic nitrogens is 3. The zero-order chi connectivity index (χ0) is 15.2. The minimum atomic E-state index is 0.311. The second-order valence-corrected chi connectivity index (χ2v) is 7.36. The molecule has 2 heterocycles. The quantitative estimate of drug-likeness (QED) is 0.875. The number of anilines is 1. The minimum Gasteiger partial charge on any atom is -0.367 e. The van der Waals surface area contributed by atoms with E-state index in [4.69, 9.17) is 5.73 Å². The molecule has 1 atom stereocenters. The Morgan fingerprint density at radius 3 is 2.59 bits per heavy atom. The van der Waals surface area contributed by atoms with Crippen molar-refractivity contribution < 1.29 is 4.79 Å². The molecule has 2 aliphatic carbocycles. The first-order chi connectivity index (χ1) is 10.7. The number of hydrogen-bond acceptors (Lipinski definition) is 4. The summed E-state index contributed by atoms with van der Waals surface area (Å²) in [5.74, 6) is 2.28. The predicted molar refractivity (Wildman–Crippen MR) is 83.0 cm³/mol. The van der Waals surface area contributed by atoms with Gasteiger partial charge in [0.05, 0.1) is 0 Å². The maximum absolute atomic E-state index is 12.8. The number of nitrogens with one attached hydrogen (secondary N) is 1. The first-order valence-electron chi connectivity index (χ1n) is 8.64. The summed E-state index contributed by atoms with van der Waals surface area (Å²) in [5, 5.41) is 6.81. The van der Waals surface area contributed by atoms with E-state index in [2.05, 4.69) is 20.1 Å². The van der Waals surface area contributed by atoms with E-state index in [-0.39, 0.29) is 0 Å². The lowest BCUT2D eigenvalue weighted by Crippen LogP contribution is -2.40. The zero-order valence-corrected chi connectivity index (χ0v) is 13.1. The van der Waals surface area contributed by atoms with Crippen molar-refractivity contribution >= 4 is 11.9 Å². The summed E-state index contributed by atoms with van der Waals surface area (Å²) >= 11 is 0. The molecular weight excluding hydrogens is 278 g/mol. The fourth-order valence-electron chi connectivity index (χ4n) is 4.57. The van der Waals surface area contributed by atoms with Crippen molar-refractivity contribution in [3.8, 4) is 0 Å². The number of hydrogen-bond donors (Lipinski definition) is 2. The number of amides is 1. The second kappa shape index (κ2) is 5.25. The Morgan fingerprint density at radius 1 is 1.23 bits per heavy atom. The van der Waals surface area contributed by atoms with Gasteiger partial charge >= 0.3 is 0 Å².